The molecule has 4 rings (SSSR count). The second-order valence-electron chi connectivity index (χ2n) is 8.74. The van der Waals surface area contributed by atoms with E-state index in [1.54, 1.807) is 0 Å². The molecule has 1 aliphatic rings. The van der Waals surface area contributed by atoms with Crippen LogP contribution in [0, 0.1) is 11.8 Å². The number of hydrogen-bond donors (Lipinski definition) is 2. The molecule has 4 nitrogen and oxygen atoms in total. The predicted octanol–water partition coefficient (Wildman–Crippen LogP) is 5.79. The van der Waals surface area contributed by atoms with Crippen LogP contribution in [0.3, 0.4) is 0 Å². The smallest absolute Gasteiger partial charge is 0.306 e. The Morgan fingerprint density at radius 1 is 0.833 bits per heavy atom. The second-order valence-corrected chi connectivity index (χ2v) is 8.74. The monoisotopic (exact) mass is 404 g/mol. The Balaban J connectivity index is 2.00. The summed E-state index contributed by atoms with van der Waals surface area (Å²) in [5, 5.41) is 24.4. The largest absolute Gasteiger partial charge is 0.481 e. The number of carboxylic acids is 2. The van der Waals surface area contributed by atoms with Gasteiger partial charge in [-0.05, 0) is 64.8 Å². The Morgan fingerprint density at radius 2 is 1.37 bits per heavy atom. The summed E-state index contributed by atoms with van der Waals surface area (Å²) >= 11 is 0. The van der Waals surface area contributed by atoms with Crippen molar-refractivity contribution in [3.8, 4) is 0 Å². The van der Waals surface area contributed by atoms with Gasteiger partial charge >= 0.3 is 11.9 Å². The van der Waals surface area contributed by atoms with E-state index < -0.39 is 29.2 Å². The first-order valence-electron chi connectivity index (χ1n) is 10.8. The normalized spacial score (nSPS) is 19.8. The van der Waals surface area contributed by atoms with Crippen LogP contribution in [0.4, 0.5) is 0 Å². The van der Waals surface area contributed by atoms with Crippen molar-refractivity contribution < 1.29 is 19.8 Å². The summed E-state index contributed by atoms with van der Waals surface area (Å²) in [6.45, 7) is 3.80. The molecule has 1 aliphatic carbocycles. The standard InChI is InChI=1S/C26H28O4/c1-3-16(24(27)28)13-26(14-17(4-2)25(29)30)15-20-9-5-7-18-11-12-19-8-6-10-21(26)23(19)22(18)20/h5-12,16-17H,3-4,13-15H2,1-2H3,(H,27,28)(H,29,30). The molecular formula is C26H28O4. The molecule has 3 aromatic carbocycles. The van der Waals surface area contributed by atoms with E-state index in [0.717, 1.165) is 16.3 Å². The number of hydrogen-bond acceptors (Lipinski definition) is 2. The highest BCUT2D eigenvalue weighted by atomic mass is 16.4. The summed E-state index contributed by atoms with van der Waals surface area (Å²) in [5.41, 5.74) is 1.79. The molecule has 2 atom stereocenters. The van der Waals surface area contributed by atoms with Crippen LogP contribution < -0.4 is 0 Å². The van der Waals surface area contributed by atoms with Crippen molar-refractivity contribution in [3.05, 3.63) is 59.7 Å². The first kappa shape index (κ1) is 20.4. The predicted molar refractivity (Wildman–Crippen MR) is 119 cm³/mol. The molecule has 0 aliphatic heterocycles. The zero-order valence-corrected chi connectivity index (χ0v) is 17.5. The van der Waals surface area contributed by atoms with Crippen molar-refractivity contribution in [3.63, 3.8) is 0 Å². The van der Waals surface area contributed by atoms with Crippen LogP contribution in [0.1, 0.15) is 50.7 Å². The van der Waals surface area contributed by atoms with Gasteiger partial charge in [0.05, 0.1) is 11.8 Å². The first-order chi connectivity index (χ1) is 14.4. The molecule has 0 spiro atoms. The number of rotatable bonds is 8. The summed E-state index contributed by atoms with van der Waals surface area (Å²) in [7, 11) is 0. The molecule has 4 heteroatoms. The average Bonchev–Trinajstić information content (AvgIpc) is 2.74. The minimum Gasteiger partial charge on any atom is -0.481 e. The third-order valence-electron chi connectivity index (χ3n) is 7.03. The molecule has 0 aromatic heterocycles. The lowest BCUT2D eigenvalue weighted by atomic mass is 9.61. The van der Waals surface area contributed by atoms with E-state index in [9.17, 15) is 19.8 Å². The highest BCUT2D eigenvalue weighted by Gasteiger charge is 2.43. The van der Waals surface area contributed by atoms with Crippen LogP contribution in [0.5, 0.6) is 0 Å². The van der Waals surface area contributed by atoms with Crippen molar-refractivity contribution >= 4 is 33.5 Å². The van der Waals surface area contributed by atoms with Gasteiger partial charge in [0.25, 0.3) is 0 Å². The highest BCUT2D eigenvalue weighted by Crippen LogP contribution is 2.50. The van der Waals surface area contributed by atoms with Gasteiger partial charge in [0.2, 0.25) is 0 Å². The summed E-state index contributed by atoms with van der Waals surface area (Å²) in [4.78, 5) is 24.0. The number of aliphatic carboxylic acids is 2. The van der Waals surface area contributed by atoms with Gasteiger partial charge in [-0.2, -0.15) is 0 Å². The minimum atomic E-state index is -0.801. The number of carbonyl (C=O) groups is 2. The maximum atomic E-state index is 12.0. The fourth-order valence-corrected chi connectivity index (χ4v) is 5.48. The maximum absolute atomic E-state index is 12.0. The topological polar surface area (TPSA) is 74.6 Å². The Labute approximate surface area is 176 Å². The van der Waals surface area contributed by atoms with Crippen molar-refractivity contribution in [2.24, 2.45) is 11.8 Å². The zero-order valence-electron chi connectivity index (χ0n) is 17.5. The van der Waals surface area contributed by atoms with Gasteiger partial charge in [0, 0.05) is 5.41 Å². The zero-order chi connectivity index (χ0) is 21.5. The van der Waals surface area contributed by atoms with Crippen molar-refractivity contribution in [2.75, 3.05) is 0 Å². The summed E-state index contributed by atoms with van der Waals surface area (Å²) in [5.74, 6) is -2.61. The molecule has 156 valence electrons. The first-order valence-corrected chi connectivity index (χ1v) is 10.8. The van der Waals surface area contributed by atoms with Gasteiger partial charge in [-0.25, -0.2) is 0 Å². The van der Waals surface area contributed by atoms with E-state index >= 15 is 0 Å². The summed E-state index contributed by atoms with van der Waals surface area (Å²) in [6.07, 6.45) is 2.64. The van der Waals surface area contributed by atoms with E-state index in [-0.39, 0.29) is 0 Å². The summed E-state index contributed by atoms with van der Waals surface area (Å²) < 4.78 is 0. The summed E-state index contributed by atoms with van der Waals surface area (Å²) in [6, 6.07) is 16.7. The van der Waals surface area contributed by atoms with Crippen LogP contribution in [-0.2, 0) is 21.4 Å². The van der Waals surface area contributed by atoms with Gasteiger partial charge in [-0.15, -0.1) is 0 Å². The Bertz CT molecular complexity index is 1110. The van der Waals surface area contributed by atoms with E-state index in [1.807, 2.05) is 26.0 Å². The van der Waals surface area contributed by atoms with Crippen LogP contribution in [0.15, 0.2) is 48.5 Å². The Morgan fingerprint density at radius 3 is 1.90 bits per heavy atom. The van der Waals surface area contributed by atoms with Crippen molar-refractivity contribution in [1.29, 1.82) is 0 Å². The fourth-order valence-electron chi connectivity index (χ4n) is 5.48. The molecule has 0 amide bonds. The molecular weight excluding hydrogens is 376 g/mol. The third kappa shape index (κ3) is 3.24. The van der Waals surface area contributed by atoms with Gasteiger partial charge in [-0.3, -0.25) is 9.59 Å². The highest BCUT2D eigenvalue weighted by molar-refractivity contribution is 6.12. The fraction of sp³-hybridized carbons (Fsp3) is 0.385. The lowest BCUT2D eigenvalue weighted by Crippen LogP contribution is -2.39. The minimum absolute atomic E-state index is 0.451. The van der Waals surface area contributed by atoms with E-state index in [1.165, 1.54) is 16.3 Å². The van der Waals surface area contributed by atoms with Crippen LogP contribution >= 0.6 is 0 Å². The lowest BCUT2D eigenvalue weighted by Gasteiger charge is -2.42. The molecule has 2 unspecified atom stereocenters. The molecule has 30 heavy (non-hydrogen) atoms. The SMILES string of the molecule is CCC(CC1(CC(CC)C(=O)O)Cc2cccc3ccc4cccc1c4c23)C(=O)O. The Kier molecular flexibility index (Phi) is 5.27. The molecule has 0 radical (unpaired) electrons. The average molecular weight is 405 g/mol. The number of carboxylic acid groups (broad SMARTS) is 2. The van der Waals surface area contributed by atoms with Crippen molar-refractivity contribution in [2.45, 2.75) is 51.4 Å². The van der Waals surface area contributed by atoms with Crippen molar-refractivity contribution in [1.82, 2.24) is 0 Å². The lowest BCUT2D eigenvalue weighted by molar-refractivity contribution is -0.143. The van der Waals surface area contributed by atoms with Gasteiger partial charge in [-0.1, -0.05) is 62.4 Å². The van der Waals surface area contributed by atoms with E-state index in [2.05, 4.69) is 36.4 Å². The molecule has 2 N–H and O–H groups in total. The van der Waals surface area contributed by atoms with Crippen LogP contribution in [-0.4, -0.2) is 22.2 Å². The molecule has 0 bridgehead atoms. The van der Waals surface area contributed by atoms with Crippen LogP contribution in [0.25, 0.3) is 21.5 Å². The number of benzene rings is 3. The second kappa shape index (κ2) is 7.75. The maximum Gasteiger partial charge on any atom is 0.306 e. The molecule has 3 aromatic rings. The third-order valence-corrected chi connectivity index (χ3v) is 7.03. The molecule has 0 heterocycles. The van der Waals surface area contributed by atoms with Gasteiger partial charge < -0.3 is 10.2 Å². The molecule has 0 fully saturated rings. The van der Waals surface area contributed by atoms with E-state index in [0.29, 0.717) is 32.1 Å². The molecule has 0 saturated carbocycles. The van der Waals surface area contributed by atoms with E-state index in [4.69, 9.17) is 0 Å². The van der Waals surface area contributed by atoms with Crippen LogP contribution in [0.2, 0.25) is 0 Å². The Hall–Kier alpha value is -2.88. The molecule has 0 saturated heterocycles. The van der Waals surface area contributed by atoms with Gasteiger partial charge in [0.15, 0.2) is 0 Å². The van der Waals surface area contributed by atoms with Gasteiger partial charge in [0.1, 0.15) is 0 Å². The quantitative estimate of drug-likeness (QED) is 0.466.